The average Bonchev–Trinajstić information content (AvgIpc) is 2.79. The minimum absolute atomic E-state index is 0.174. The Morgan fingerprint density at radius 1 is 1.50 bits per heavy atom. The van der Waals surface area contributed by atoms with Crippen LogP contribution in [-0.4, -0.2) is 31.3 Å². The molecule has 0 aliphatic carbocycles. The fourth-order valence-corrected chi connectivity index (χ4v) is 2.36. The third kappa shape index (κ3) is 3.09. The summed E-state index contributed by atoms with van der Waals surface area (Å²) >= 11 is 8.16. The fraction of sp³-hybridized carbons (Fsp3) is 0.333. The van der Waals surface area contributed by atoms with Gasteiger partial charge in [0.25, 0.3) is 0 Å². The molecule has 0 atom stereocenters. The largest absolute Gasteiger partial charge is 0.481 e. The third-order valence-electron chi connectivity index (χ3n) is 2.83. The zero-order chi connectivity index (χ0) is 14.9. The van der Waals surface area contributed by atoms with E-state index in [1.807, 2.05) is 6.07 Å². The number of halogens is 2. The molecule has 1 N–H and O–H groups in total. The Balaban J connectivity index is 2.43. The van der Waals surface area contributed by atoms with Gasteiger partial charge in [0.2, 0.25) is 0 Å². The molecule has 2 aromatic rings. The Hall–Kier alpha value is -1.22. The summed E-state index contributed by atoms with van der Waals surface area (Å²) in [4.78, 5) is 11.2. The highest BCUT2D eigenvalue weighted by atomic mass is 127. The summed E-state index contributed by atoms with van der Waals surface area (Å²) in [5.41, 5.74) is -0.182. The molecule has 0 amide bonds. The molecule has 0 fully saturated rings. The topological polar surface area (TPSA) is 80.9 Å². The van der Waals surface area contributed by atoms with Crippen molar-refractivity contribution in [1.82, 2.24) is 20.2 Å². The van der Waals surface area contributed by atoms with Gasteiger partial charge in [-0.15, -0.1) is 5.10 Å². The Morgan fingerprint density at radius 3 is 2.85 bits per heavy atom. The van der Waals surface area contributed by atoms with Gasteiger partial charge in [-0.05, 0) is 65.1 Å². The van der Waals surface area contributed by atoms with Crippen molar-refractivity contribution in [3.05, 3.63) is 26.8 Å². The summed E-state index contributed by atoms with van der Waals surface area (Å²) in [5.74, 6) is -0.397. The van der Waals surface area contributed by atoms with E-state index in [9.17, 15) is 9.90 Å². The van der Waals surface area contributed by atoms with Crippen LogP contribution in [0.4, 0.5) is 0 Å². The van der Waals surface area contributed by atoms with E-state index in [1.54, 1.807) is 26.0 Å². The van der Waals surface area contributed by atoms with Gasteiger partial charge in [0, 0.05) is 14.2 Å². The molecule has 0 bridgehead atoms. The Kier molecular flexibility index (Phi) is 4.28. The monoisotopic (exact) mass is 406 g/mol. The van der Waals surface area contributed by atoms with Crippen molar-refractivity contribution in [2.24, 2.45) is 5.41 Å². The lowest BCUT2D eigenvalue weighted by atomic mass is 9.94. The van der Waals surface area contributed by atoms with Gasteiger partial charge in [-0.2, -0.15) is 0 Å². The smallest absolute Gasteiger partial charge is 0.310 e. The molecule has 106 valence electrons. The van der Waals surface area contributed by atoms with Crippen molar-refractivity contribution in [2.75, 3.05) is 0 Å². The second kappa shape index (κ2) is 5.65. The van der Waals surface area contributed by atoms with Crippen LogP contribution < -0.4 is 0 Å². The van der Waals surface area contributed by atoms with Crippen LogP contribution in [0.25, 0.3) is 11.4 Å². The van der Waals surface area contributed by atoms with E-state index in [1.165, 1.54) is 4.68 Å². The predicted molar refractivity (Wildman–Crippen MR) is 82.4 cm³/mol. The zero-order valence-electron chi connectivity index (χ0n) is 10.8. The molecule has 0 aliphatic heterocycles. The summed E-state index contributed by atoms with van der Waals surface area (Å²) in [6.45, 7) is 3.43. The Labute approximate surface area is 134 Å². The van der Waals surface area contributed by atoms with Gasteiger partial charge in [-0.3, -0.25) is 4.79 Å². The van der Waals surface area contributed by atoms with E-state index in [2.05, 4.69) is 38.1 Å². The van der Waals surface area contributed by atoms with Crippen LogP contribution in [0.3, 0.4) is 0 Å². The molecule has 0 saturated heterocycles. The van der Waals surface area contributed by atoms with Crippen molar-refractivity contribution in [2.45, 2.75) is 20.4 Å². The number of aliphatic carboxylic acids is 1. The number of nitrogens with zero attached hydrogens (tertiary/aromatic N) is 4. The van der Waals surface area contributed by atoms with Crippen LogP contribution in [0, 0.1) is 8.99 Å². The number of carbonyl (C=O) groups is 1. The highest BCUT2D eigenvalue weighted by Gasteiger charge is 2.30. The molecule has 0 aliphatic rings. The van der Waals surface area contributed by atoms with Gasteiger partial charge in [0.05, 0.1) is 12.0 Å². The van der Waals surface area contributed by atoms with Crippen LogP contribution in [0.15, 0.2) is 18.2 Å². The van der Waals surface area contributed by atoms with Crippen LogP contribution in [0.1, 0.15) is 13.8 Å². The first-order chi connectivity index (χ1) is 9.31. The van der Waals surface area contributed by atoms with E-state index in [4.69, 9.17) is 11.6 Å². The minimum Gasteiger partial charge on any atom is -0.481 e. The summed E-state index contributed by atoms with van der Waals surface area (Å²) < 4.78 is 2.43. The first-order valence-electron chi connectivity index (χ1n) is 5.76. The van der Waals surface area contributed by atoms with Gasteiger partial charge < -0.3 is 5.11 Å². The molecule has 1 heterocycles. The SMILES string of the molecule is CC(C)(Cn1nnnc1-c1cc(Cl)ccc1I)C(=O)O. The zero-order valence-corrected chi connectivity index (χ0v) is 13.8. The first kappa shape index (κ1) is 15.2. The lowest BCUT2D eigenvalue weighted by molar-refractivity contribution is -0.147. The van der Waals surface area contributed by atoms with Crippen LogP contribution in [-0.2, 0) is 11.3 Å². The number of carboxylic acid groups (broad SMARTS) is 1. The maximum Gasteiger partial charge on any atom is 0.310 e. The second-order valence-electron chi connectivity index (χ2n) is 4.97. The third-order valence-corrected chi connectivity index (χ3v) is 4.00. The second-order valence-corrected chi connectivity index (χ2v) is 6.57. The number of hydrogen-bond acceptors (Lipinski definition) is 4. The van der Waals surface area contributed by atoms with Gasteiger partial charge in [-0.1, -0.05) is 11.6 Å². The number of hydrogen-bond donors (Lipinski definition) is 1. The molecule has 2 rings (SSSR count). The minimum atomic E-state index is -0.964. The fourth-order valence-electron chi connectivity index (χ4n) is 1.61. The number of tetrazole rings is 1. The van der Waals surface area contributed by atoms with Gasteiger partial charge >= 0.3 is 5.97 Å². The molecule has 0 unspecified atom stereocenters. The van der Waals surface area contributed by atoms with E-state index < -0.39 is 11.4 Å². The highest BCUT2D eigenvalue weighted by molar-refractivity contribution is 14.1. The molecule has 0 spiro atoms. The van der Waals surface area contributed by atoms with Crippen LogP contribution >= 0.6 is 34.2 Å². The standard InChI is InChI=1S/C12H12ClIN4O2/c1-12(2,11(19)20)6-18-10(15-16-17-18)8-5-7(13)3-4-9(8)14/h3-5H,6H2,1-2H3,(H,19,20). The maximum atomic E-state index is 11.2. The predicted octanol–water partition coefficient (Wildman–Crippen LogP) is 2.71. The lowest BCUT2D eigenvalue weighted by Gasteiger charge is -2.19. The van der Waals surface area contributed by atoms with Crippen molar-refractivity contribution >= 4 is 40.2 Å². The summed E-state index contributed by atoms with van der Waals surface area (Å²) in [5, 5.41) is 21.3. The number of benzene rings is 1. The van der Waals surface area contributed by atoms with Gasteiger partial charge in [0.1, 0.15) is 0 Å². The normalized spacial score (nSPS) is 11.6. The van der Waals surface area contributed by atoms with Crippen molar-refractivity contribution in [3.8, 4) is 11.4 Å². The molecule has 0 saturated carbocycles. The van der Waals surface area contributed by atoms with Crippen LogP contribution in [0.2, 0.25) is 5.02 Å². The number of aromatic nitrogens is 4. The molecule has 1 aromatic heterocycles. The number of carboxylic acids is 1. The maximum absolute atomic E-state index is 11.2. The molecule has 1 aromatic carbocycles. The lowest BCUT2D eigenvalue weighted by Crippen LogP contribution is -2.30. The molecule has 20 heavy (non-hydrogen) atoms. The van der Waals surface area contributed by atoms with Gasteiger partial charge in [0.15, 0.2) is 5.82 Å². The molecular weight excluding hydrogens is 395 g/mol. The van der Waals surface area contributed by atoms with E-state index >= 15 is 0 Å². The highest BCUT2D eigenvalue weighted by Crippen LogP contribution is 2.28. The van der Waals surface area contributed by atoms with E-state index in [0.717, 1.165) is 9.13 Å². The van der Waals surface area contributed by atoms with Gasteiger partial charge in [-0.25, -0.2) is 4.68 Å². The quantitative estimate of drug-likeness (QED) is 0.790. The van der Waals surface area contributed by atoms with E-state index in [0.29, 0.717) is 10.8 Å². The van der Waals surface area contributed by atoms with Crippen LogP contribution in [0.5, 0.6) is 0 Å². The molecule has 0 radical (unpaired) electrons. The first-order valence-corrected chi connectivity index (χ1v) is 7.22. The molecule has 8 heteroatoms. The summed E-state index contributed by atoms with van der Waals surface area (Å²) in [6.07, 6.45) is 0. The van der Waals surface area contributed by atoms with Crippen molar-refractivity contribution < 1.29 is 9.90 Å². The molecule has 6 nitrogen and oxygen atoms in total. The summed E-state index contributed by atoms with van der Waals surface area (Å²) in [7, 11) is 0. The summed E-state index contributed by atoms with van der Waals surface area (Å²) in [6, 6.07) is 5.40. The Bertz CT molecular complexity index is 657. The van der Waals surface area contributed by atoms with Crippen molar-refractivity contribution in [3.63, 3.8) is 0 Å². The molecular formula is C12H12ClIN4O2. The van der Waals surface area contributed by atoms with E-state index in [-0.39, 0.29) is 6.54 Å². The Morgan fingerprint density at radius 2 is 2.20 bits per heavy atom. The average molecular weight is 407 g/mol. The van der Waals surface area contributed by atoms with Crippen molar-refractivity contribution in [1.29, 1.82) is 0 Å². The number of rotatable bonds is 4.